The molecule has 0 aromatic heterocycles. The molecule has 132 valence electrons. The standard InChI is InChI=1S/C17H18N2O5S/c1-23-15-9-3-12(11-16(15)24-2)4-10-17(20)19-13-5-7-14(8-6-13)25(18,21)22/h3-11H,1-2H3,(H,19,20)(H2,18,21,22)/b10-4+. The Hall–Kier alpha value is -2.84. The van der Waals surface area contributed by atoms with Gasteiger partial charge in [-0.15, -0.1) is 0 Å². The van der Waals surface area contributed by atoms with E-state index in [4.69, 9.17) is 14.6 Å². The van der Waals surface area contributed by atoms with Crippen LogP contribution in [0.15, 0.2) is 53.4 Å². The van der Waals surface area contributed by atoms with E-state index in [0.717, 1.165) is 5.56 Å². The van der Waals surface area contributed by atoms with Crippen molar-refractivity contribution in [2.45, 2.75) is 4.90 Å². The zero-order valence-corrected chi connectivity index (χ0v) is 14.5. The first-order valence-corrected chi connectivity index (χ1v) is 8.72. The second-order valence-corrected chi connectivity index (χ2v) is 6.57. The molecule has 0 saturated heterocycles. The van der Waals surface area contributed by atoms with Crippen LogP contribution < -0.4 is 19.9 Å². The molecular weight excluding hydrogens is 344 g/mol. The van der Waals surface area contributed by atoms with Gasteiger partial charge in [0.1, 0.15) is 0 Å². The predicted octanol–water partition coefficient (Wildman–Crippen LogP) is 2.00. The molecule has 0 atom stereocenters. The molecule has 0 unspecified atom stereocenters. The number of ether oxygens (including phenoxy) is 2. The van der Waals surface area contributed by atoms with E-state index in [0.29, 0.717) is 17.2 Å². The molecule has 2 rings (SSSR count). The lowest BCUT2D eigenvalue weighted by atomic mass is 10.2. The second kappa shape index (κ2) is 7.82. The molecule has 0 heterocycles. The molecule has 0 bridgehead atoms. The average Bonchev–Trinajstić information content (AvgIpc) is 2.59. The summed E-state index contributed by atoms with van der Waals surface area (Å²) in [5, 5.41) is 7.64. The van der Waals surface area contributed by atoms with E-state index < -0.39 is 10.0 Å². The Bertz CT molecular complexity index is 890. The summed E-state index contributed by atoms with van der Waals surface area (Å²) in [6.07, 6.45) is 2.98. The molecule has 1 amide bonds. The number of benzene rings is 2. The maximum atomic E-state index is 11.9. The summed E-state index contributed by atoms with van der Waals surface area (Å²) < 4.78 is 32.7. The van der Waals surface area contributed by atoms with Crippen LogP contribution in [0.3, 0.4) is 0 Å². The van der Waals surface area contributed by atoms with Crippen molar-refractivity contribution in [1.82, 2.24) is 0 Å². The Morgan fingerprint density at radius 1 is 1.04 bits per heavy atom. The zero-order chi connectivity index (χ0) is 18.4. The predicted molar refractivity (Wildman–Crippen MR) is 95.0 cm³/mol. The monoisotopic (exact) mass is 362 g/mol. The zero-order valence-electron chi connectivity index (χ0n) is 13.7. The van der Waals surface area contributed by atoms with Gasteiger partial charge >= 0.3 is 0 Å². The van der Waals surface area contributed by atoms with Gasteiger partial charge in [0.15, 0.2) is 11.5 Å². The Balaban J connectivity index is 2.06. The van der Waals surface area contributed by atoms with Crippen molar-refractivity contribution in [3.8, 4) is 11.5 Å². The van der Waals surface area contributed by atoms with Gasteiger partial charge in [0.05, 0.1) is 19.1 Å². The fraction of sp³-hybridized carbons (Fsp3) is 0.118. The SMILES string of the molecule is COc1ccc(/C=C/C(=O)Nc2ccc(S(N)(=O)=O)cc2)cc1OC. The molecule has 0 saturated carbocycles. The number of primary sulfonamides is 1. The Kier molecular flexibility index (Phi) is 5.79. The van der Waals surface area contributed by atoms with E-state index in [-0.39, 0.29) is 10.8 Å². The van der Waals surface area contributed by atoms with Gasteiger partial charge in [0.2, 0.25) is 15.9 Å². The minimum atomic E-state index is -3.76. The summed E-state index contributed by atoms with van der Waals surface area (Å²) in [6.45, 7) is 0. The highest BCUT2D eigenvalue weighted by molar-refractivity contribution is 7.89. The minimum Gasteiger partial charge on any atom is -0.493 e. The van der Waals surface area contributed by atoms with E-state index in [1.807, 2.05) is 0 Å². The number of hydrogen-bond acceptors (Lipinski definition) is 5. The molecule has 7 nitrogen and oxygen atoms in total. The highest BCUT2D eigenvalue weighted by Gasteiger charge is 2.07. The van der Waals surface area contributed by atoms with Crippen LogP contribution in [0.5, 0.6) is 11.5 Å². The number of hydrogen-bond donors (Lipinski definition) is 2. The van der Waals surface area contributed by atoms with E-state index >= 15 is 0 Å². The van der Waals surface area contributed by atoms with Crippen molar-refractivity contribution >= 4 is 27.7 Å². The first-order chi connectivity index (χ1) is 11.8. The molecule has 0 radical (unpaired) electrons. The summed E-state index contributed by atoms with van der Waals surface area (Å²) in [5.41, 5.74) is 1.21. The number of rotatable bonds is 6. The van der Waals surface area contributed by atoms with Gasteiger partial charge in [-0.2, -0.15) is 0 Å². The van der Waals surface area contributed by atoms with Gasteiger partial charge in [-0.05, 0) is 48.0 Å². The van der Waals surface area contributed by atoms with Crippen LogP contribution in [0, 0.1) is 0 Å². The third-order valence-electron chi connectivity index (χ3n) is 3.29. The van der Waals surface area contributed by atoms with Gasteiger partial charge in [0.25, 0.3) is 0 Å². The van der Waals surface area contributed by atoms with Gasteiger partial charge < -0.3 is 14.8 Å². The molecule has 8 heteroatoms. The fourth-order valence-electron chi connectivity index (χ4n) is 2.04. The lowest BCUT2D eigenvalue weighted by Crippen LogP contribution is -2.12. The molecule has 2 aromatic rings. The van der Waals surface area contributed by atoms with E-state index in [1.165, 1.54) is 37.5 Å². The van der Waals surface area contributed by atoms with Crippen molar-refractivity contribution in [1.29, 1.82) is 0 Å². The van der Waals surface area contributed by atoms with Crippen molar-refractivity contribution in [2.24, 2.45) is 5.14 Å². The minimum absolute atomic E-state index is 0.0219. The molecule has 0 aliphatic rings. The summed E-state index contributed by atoms with van der Waals surface area (Å²) in [6, 6.07) is 10.8. The largest absolute Gasteiger partial charge is 0.493 e. The van der Waals surface area contributed by atoms with Crippen LogP contribution in [0.4, 0.5) is 5.69 Å². The van der Waals surface area contributed by atoms with Gasteiger partial charge in [-0.25, -0.2) is 13.6 Å². The number of methoxy groups -OCH3 is 2. The molecule has 2 aromatic carbocycles. The number of nitrogens with one attached hydrogen (secondary N) is 1. The summed E-state index contributed by atoms with van der Waals surface area (Å²) in [4.78, 5) is 11.9. The third kappa shape index (κ3) is 5.07. The van der Waals surface area contributed by atoms with Gasteiger partial charge in [-0.1, -0.05) is 6.07 Å². The summed E-state index contributed by atoms with van der Waals surface area (Å²) >= 11 is 0. The Morgan fingerprint density at radius 3 is 2.24 bits per heavy atom. The summed E-state index contributed by atoms with van der Waals surface area (Å²) in [5.74, 6) is 0.792. The second-order valence-electron chi connectivity index (χ2n) is 5.01. The lowest BCUT2D eigenvalue weighted by molar-refractivity contribution is -0.111. The topological polar surface area (TPSA) is 108 Å². The number of carbonyl (C=O) groups excluding carboxylic acids is 1. The van der Waals surface area contributed by atoms with Gasteiger partial charge in [-0.3, -0.25) is 4.79 Å². The van der Waals surface area contributed by atoms with Crippen LogP contribution in [-0.2, 0) is 14.8 Å². The van der Waals surface area contributed by atoms with E-state index in [2.05, 4.69) is 5.32 Å². The normalized spacial score (nSPS) is 11.3. The number of nitrogens with two attached hydrogens (primary N) is 1. The average molecular weight is 362 g/mol. The van der Waals surface area contributed by atoms with Gasteiger partial charge in [0, 0.05) is 11.8 Å². The first kappa shape index (κ1) is 18.5. The van der Waals surface area contributed by atoms with Crippen LogP contribution in [-0.4, -0.2) is 28.5 Å². The molecule has 0 aliphatic carbocycles. The van der Waals surface area contributed by atoms with Crippen LogP contribution in [0.25, 0.3) is 6.08 Å². The molecule has 25 heavy (non-hydrogen) atoms. The van der Waals surface area contributed by atoms with Crippen molar-refractivity contribution in [3.05, 3.63) is 54.1 Å². The number of carbonyl (C=O) groups is 1. The van der Waals surface area contributed by atoms with E-state index in [1.54, 1.807) is 31.4 Å². The van der Waals surface area contributed by atoms with Crippen LogP contribution in [0.1, 0.15) is 5.56 Å². The quantitative estimate of drug-likeness (QED) is 0.764. The Morgan fingerprint density at radius 2 is 1.68 bits per heavy atom. The van der Waals surface area contributed by atoms with Crippen molar-refractivity contribution < 1.29 is 22.7 Å². The van der Waals surface area contributed by atoms with Crippen molar-refractivity contribution in [3.63, 3.8) is 0 Å². The van der Waals surface area contributed by atoms with Crippen molar-refractivity contribution in [2.75, 3.05) is 19.5 Å². The van der Waals surface area contributed by atoms with Crippen LogP contribution in [0.2, 0.25) is 0 Å². The molecule has 3 N–H and O–H groups in total. The lowest BCUT2D eigenvalue weighted by Gasteiger charge is -2.07. The number of amides is 1. The molecule has 0 spiro atoms. The Labute approximate surface area is 146 Å². The smallest absolute Gasteiger partial charge is 0.248 e. The number of anilines is 1. The molecule has 0 aliphatic heterocycles. The number of sulfonamides is 1. The maximum absolute atomic E-state index is 11.9. The summed E-state index contributed by atoms with van der Waals surface area (Å²) in [7, 11) is -0.681. The maximum Gasteiger partial charge on any atom is 0.248 e. The fourth-order valence-corrected chi connectivity index (χ4v) is 2.56. The first-order valence-electron chi connectivity index (χ1n) is 7.17. The van der Waals surface area contributed by atoms with Crippen LogP contribution >= 0.6 is 0 Å². The highest BCUT2D eigenvalue weighted by atomic mass is 32.2. The highest BCUT2D eigenvalue weighted by Crippen LogP contribution is 2.27. The third-order valence-corrected chi connectivity index (χ3v) is 4.21. The molecule has 0 fully saturated rings. The molecular formula is C17H18N2O5S. The van der Waals surface area contributed by atoms with E-state index in [9.17, 15) is 13.2 Å².